The molecule has 74 valence electrons. The summed E-state index contributed by atoms with van der Waals surface area (Å²) < 4.78 is 3.81. The summed E-state index contributed by atoms with van der Waals surface area (Å²) in [6, 6.07) is 0.162. The van der Waals surface area contributed by atoms with Crippen LogP contribution in [0.3, 0.4) is 0 Å². The molecular formula is C7H10N6S. The molecule has 1 atom stereocenters. The first-order valence-electron chi connectivity index (χ1n) is 4.21. The van der Waals surface area contributed by atoms with Gasteiger partial charge in [-0.2, -0.15) is 0 Å². The van der Waals surface area contributed by atoms with Crippen molar-refractivity contribution < 1.29 is 0 Å². The highest BCUT2D eigenvalue weighted by Gasteiger charge is 2.08. The van der Waals surface area contributed by atoms with Gasteiger partial charge in [-0.25, -0.2) is 9.97 Å². The molecule has 2 aromatic heterocycles. The van der Waals surface area contributed by atoms with Crippen molar-refractivity contribution >= 4 is 27.7 Å². The average molecular weight is 210 g/mol. The van der Waals surface area contributed by atoms with Crippen molar-refractivity contribution in [2.45, 2.75) is 13.0 Å². The van der Waals surface area contributed by atoms with E-state index in [0.717, 1.165) is 4.83 Å². The summed E-state index contributed by atoms with van der Waals surface area (Å²) in [4.78, 5) is 8.92. The molecule has 2 heterocycles. The summed E-state index contributed by atoms with van der Waals surface area (Å²) in [6.45, 7) is 2.52. The van der Waals surface area contributed by atoms with Gasteiger partial charge in [-0.15, -0.1) is 5.10 Å². The molecule has 2 rings (SSSR count). The number of nitrogens with two attached hydrogens (primary N) is 1. The number of aromatic nitrogens is 4. The van der Waals surface area contributed by atoms with Gasteiger partial charge >= 0.3 is 0 Å². The highest BCUT2D eigenvalue weighted by Crippen LogP contribution is 2.18. The monoisotopic (exact) mass is 210 g/mol. The molecule has 0 radical (unpaired) electrons. The van der Waals surface area contributed by atoms with Crippen LogP contribution in [0, 0.1) is 0 Å². The number of rotatable bonds is 3. The molecule has 0 fully saturated rings. The molecule has 0 aliphatic rings. The fourth-order valence-corrected chi connectivity index (χ4v) is 1.54. The Labute approximate surface area is 84.7 Å². The number of anilines is 1. The molecule has 0 amide bonds. The predicted molar refractivity (Wildman–Crippen MR) is 55.1 cm³/mol. The van der Waals surface area contributed by atoms with Crippen LogP contribution in [0.4, 0.5) is 5.82 Å². The van der Waals surface area contributed by atoms with E-state index in [0.29, 0.717) is 17.9 Å². The standard InChI is InChI=1S/C7H10N6S/c1-4(2-8)11-6-5-7(10-3-9-6)14-13-12-5/h3-4H,2,8H2,1H3,(H,9,10,11). The molecule has 0 bridgehead atoms. The normalized spacial score (nSPS) is 13.0. The van der Waals surface area contributed by atoms with Crippen molar-refractivity contribution in [2.24, 2.45) is 5.73 Å². The Morgan fingerprint density at radius 3 is 3.21 bits per heavy atom. The fourth-order valence-electron chi connectivity index (χ4n) is 1.02. The number of fused-ring (bicyclic) bond motifs is 1. The first-order valence-corrected chi connectivity index (χ1v) is 4.98. The molecule has 0 aromatic carbocycles. The van der Waals surface area contributed by atoms with Crippen LogP contribution in [0.5, 0.6) is 0 Å². The van der Waals surface area contributed by atoms with Gasteiger partial charge in [-0.1, -0.05) is 4.49 Å². The van der Waals surface area contributed by atoms with Crippen LogP contribution in [0.25, 0.3) is 10.3 Å². The lowest BCUT2D eigenvalue weighted by Gasteiger charge is -2.10. The topological polar surface area (TPSA) is 89.6 Å². The summed E-state index contributed by atoms with van der Waals surface area (Å²) in [5, 5.41) is 7.09. The molecule has 0 aliphatic heterocycles. The molecule has 3 N–H and O–H groups in total. The predicted octanol–water partition coefficient (Wildman–Crippen LogP) is 0.240. The first-order chi connectivity index (χ1) is 6.81. The molecule has 7 heteroatoms. The minimum absolute atomic E-state index is 0.162. The number of hydrogen-bond donors (Lipinski definition) is 2. The Balaban J connectivity index is 2.36. The maximum Gasteiger partial charge on any atom is 0.169 e. The van der Waals surface area contributed by atoms with Gasteiger partial charge in [0.15, 0.2) is 16.2 Å². The SMILES string of the molecule is CC(CN)Nc1ncnc2snnc12. The van der Waals surface area contributed by atoms with E-state index in [9.17, 15) is 0 Å². The lowest BCUT2D eigenvalue weighted by molar-refractivity contribution is 0.798. The summed E-state index contributed by atoms with van der Waals surface area (Å²) >= 11 is 1.25. The summed E-state index contributed by atoms with van der Waals surface area (Å²) in [5.41, 5.74) is 6.21. The van der Waals surface area contributed by atoms with Crippen LogP contribution in [0.1, 0.15) is 6.92 Å². The Bertz CT molecular complexity index is 427. The second-order valence-corrected chi connectivity index (χ2v) is 3.66. The van der Waals surface area contributed by atoms with Gasteiger partial charge in [0.25, 0.3) is 0 Å². The van der Waals surface area contributed by atoms with Gasteiger partial charge in [0.1, 0.15) is 6.33 Å². The Hall–Kier alpha value is -1.34. The lowest BCUT2D eigenvalue weighted by Crippen LogP contribution is -2.25. The summed E-state index contributed by atoms with van der Waals surface area (Å²) in [6.07, 6.45) is 1.49. The van der Waals surface area contributed by atoms with Crippen LogP contribution >= 0.6 is 11.5 Å². The molecule has 0 spiro atoms. The van der Waals surface area contributed by atoms with E-state index < -0.39 is 0 Å². The molecule has 0 aliphatic carbocycles. The van der Waals surface area contributed by atoms with Gasteiger partial charge in [0, 0.05) is 24.1 Å². The van der Waals surface area contributed by atoms with E-state index in [1.165, 1.54) is 17.9 Å². The third kappa shape index (κ3) is 1.64. The maximum atomic E-state index is 5.50. The van der Waals surface area contributed by atoms with Crippen molar-refractivity contribution in [1.29, 1.82) is 0 Å². The highest BCUT2D eigenvalue weighted by atomic mass is 32.1. The zero-order valence-corrected chi connectivity index (χ0v) is 8.45. The van der Waals surface area contributed by atoms with E-state index in [1.807, 2.05) is 6.92 Å². The van der Waals surface area contributed by atoms with Gasteiger partial charge < -0.3 is 11.1 Å². The minimum atomic E-state index is 0.162. The molecule has 14 heavy (non-hydrogen) atoms. The van der Waals surface area contributed by atoms with E-state index in [4.69, 9.17) is 5.73 Å². The van der Waals surface area contributed by atoms with E-state index >= 15 is 0 Å². The zero-order chi connectivity index (χ0) is 9.97. The van der Waals surface area contributed by atoms with Gasteiger partial charge in [-0.05, 0) is 6.92 Å². The molecule has 2 aromatic rings. The number of hydrogen-bond acceptors (Lipinski definition) is 7. The Morgan fingerprint density at radius 2 is 2.43 bits per heavy atom. The Morgan fingerprint density at radius 1 is 1.57 bits per heavy atom. The number of nitrogens with zero attached hydrogens (tertiary/aromatic N) is 4. The van der Waals surface area contributed by atoms with Crippen LogP contribution in [-0.4, -0.2) is 32.1 Å². The zero-order valence-electron chi connectivity index (χ0n) is 7.64. The molecular weight excluding hydrogens is 200 g/mol. The third-order valence-electron chi connectivity index (χ3n) is 1.79. The summed E-state index contributed by atoms with van der Waals surface area (Å²) in [5.74, 6) is 0.696. The lowest BCUT2D eigenvalue weighted by atomic mass is 10.3. The molecule has 6 nitrogen and oxygen atoms in total. The van der Waals surface area contributed by atoms with Crippen molar-refractivity contribution in [1.82, 2.24) is 19.6 Å². The van der Waals surface area contributed by atoms with E-state index in [-0.39, 0.29) is 6.04 Å². The quantitative estimate of drug-likeness (QED) is 0.754. The first kappa shape index (κ1) is 9.22. The van der Waals surface area contributed by atoms with E-state index in [2.05, 4.69) is 24.9 Å². The van der Waals surface area contributed by atoms with Crippen molar-refractivity contribution in [3.63, 3.8) is 0 Å². The maximum absolute atomic E-state index is 5.50. The van der Waals surface area contributed by atoms with Crippen molar-refractivity contribution in [2.75, 3.05) is 11.9 Å². The van der Waals surface area contributed by atoms with Gasteiger partial charge in [0.2, 0.25) is 0 Å². The third-order valence-corrected chi connectivity index (χ3v) is 2.43. The van der Waals surface area contributed by atoms with Crippen LogP contribution in [0.15, 0.2) is 6.33 Å². The smallest absolute Gasteiger partial charge is 0.169 e. The fraction of sp³-hybridized carbons (Fsp3) is 0.429. The van der Waals surface area contributed by atoms with Crippen LogP contribution in [0.2, 0.25) is 0 Å². The van der Waals surface area contributed by atoms with Gasteiger partial charge in [-0.3, -0.25) is 0 Å². The minimum Gasteiger partial charge on any atom is -0.364 e. The molecule has 1 unspecified atom stereocenters. The second kappa shape index (κ2) is 3.81. The second-order valence-electron chi connectivity index (χ2n) is 2.93. The highest BCUT2D eigenvalue weighted by molar-refractivity contribution is 7.12. The Kier molecular flexibility index (Phi) is 2.51. The molecule has 0 saturated carbocycles. The summed E-state index contributed by atoms with van der Waals surface area (Å²) in [7, 11) is 0. The van der Waals surface area contributed by atoms with Crippen molar-refractivity contribution in [3.8, 4) is 0 Å². The average Bonchev–Trinajstić information content (AvgIpc) is 2.66. The number of nitrogens with one attached hydrogen (secondary N) is 1. The van der Waals surface area contributed by atoms with Gasteiger partial charge in [0.05, 0.1) is 0 Å². The largest absolute Gasteiger partial charge is 0.364 e. The van der Waals surface area contributed by atoms with E-state index in [1.54, 1.807) is 0 Å². The van der Waals surface area contributed by atoms with Crippen LogP contribution in [-0.2, 0) is 0 Å². The van der Waals surface area contributed by atoms with Crippen LogP contribution < -0.4 is 11.1 Å². The molecule has 0 saturated heterocycles. The van der Waals surface area contributed by atoms with Crippen molar-refractivity contribution in [3.05, 3.63) is 6.33 Å².